The van der Waals surface area contributed by atoms with Crippen LogP contribution in [0.15, 0.2) is 16.7 Å². The molecule has 1 aromatic heterocycles. The molecule has 1 N–H and O–H groups in total. The van der Waals surface area contributed by atoms with Crippen LogP contribution in [0.5, 0.6) is 0 Å². The number of aromatic nitrogens is 1. The summed E-state index contributed by atoms with van der Waals surface area (Å²) >= 11 is 3.34. The van der Waals surface area contributed by atoms with Crippen molar-refractivity contribution in [1.82, 2.24) is 9.88 Å². The van der Waals surface area contributed by atoms with Gasteiger partial charge in [0.15, 0.2) is 0 Å². The van der Waals surface area contributed by atoms with Crippen LogP contribution in [-0.2, 0) is 11.8 Å². The Morgan fingerprint density at radius 1 is 1.69 bits per heavy atom. The van der Waals surface area contributed by atoms with E-state index in [4.69, 9.17) is 4.74 Å². The molecule has 0 saturated carbocycles. The van der Waals surface area contributed by atoms with Crippen LogP contribution in [-0.4, -0.2) is 30.2 Å². The van der Waals surface area contributed by atoms with Gasteiger partial charge in [0.05, 0.1) is 0 Å². The molecule has 1 unspecified atom stereocenters. The van der Waals surface area contributed by atoms with Gasteiger partial charge in [-0.15, -0.1) is 0 Å². The number of ether oxygens (including phenoxy) is 1. The molecule has 1 atom stereocenters. The molecule has 16 heavy (non-hydrogen) atoms. The molecule has 1 rings (SSSR count). The summed E-state index contributed by atoms with van der Waals surface area (Å²) in [5, 5.41) is 2.92. The van der Waals surface area contributed by atoms with E-state index in [1.807, 2.05) is 20.2 Å². The summed E-state index contributed by atoms with van der Waals surface area (Å²) in [6, 6.07) is 1.92. The van der Waals surface area contributed by atoms with Crippen LogP contribution in [0.25, 0.3) is 0 Å². The van der Waals surface area contributed by atoms with Gasteiger partial charge >= 0.3 is 0 Å². The van der Waals surface area contributed by atoms with E-state index in [1.54, 1.807) is 17.7 Å². The average Bonchev–Trinajstić information content (AvgIpc) is 2.54. The predicted molar refractivity (Wildman–Crippen MR) is 66.5 cm³/mol. The summed E-state index contributed by atoms with van der Waals surface area (Å²) in [6.45, 7) is 2.62. The largest absolute Gasteiger partial charge is 0.385 e. The lowest BCUT2D eigenvalue weighted by Gasteiger charge is -2.13. The number of methoxy groups -OCH3 is 1. The summed E-state index contributed by atoms with van der Waals surface area (Å²) in [4.78, 5) is 11.9. The number of nitrogens with zero attached hydrogens (tertiary/aromatic N) is 1. The van der Waals surface area contributed by atoms with Crippen LogP contribution < -0.4 is 5.32 Å². The molecule has 0 spiro atoms. The molecule has 5 heteroatoms. The maximum absolute atomic E-state index is 11.9. The summed E-state index contributed by atoms with van der Waals surface area (Å²) in [5.41, 5.74) is 0.649. The minimum absolute atomic E-state index is 0.0585. The molecule has 4 nitrogen and oxygen atoms in total. The van der Waals surface area contributed by atoms with Crippen LogP contribution in [0, 0.1) is 0 Å². The smallest absolute Gasteiger partial charge is 0.268 e. The zero-order valence-corrected chi connectivity index (χ0v) is 11.4. The van der Waals surface area contributed by atoms with Crippen LogP contribution in [0.4, 0.5) is 0 Å². The molecular formula is C11H17BrN2O2. The number of aryl methyl sites for hydroxylation is 1. The molecule has 0 bridgehead atoms. The van der Waals surface area contributed by atoms with E-state index >= 15 is 0 Å². The quantitative estimate of drug-likeness (QED) is 0.900. The fourth-order valence-electron chi connectivity index (χ4n) is 1.41. The molecule has 0 radical (unpaired) electrons. The van der Waals surface area contributed by atoms with Gasteiger partial charge in [0.2, 0.25) is 0 Å². The molecule has 0 aliphatic rings. The Bertz CT molecular complexity index is 363. The van der Waals surface area contributed by atoms with Crippen LogP contribution >= 0.6 is 15.9 Å². The number of hydrogen-bond acceptors (Lipinski definition) is 2. The van der Waals surface area contributed by atoms with Crippen molar-refractivity contribution in [2.24, 2.45) is 7.05 Å². The third-order valence-electron chi connectivity index (χ3n) is 2.34. The molecule has 0 aliphatic carbocycles. The monoisotopic (exact) mass is 288 g/mol. The van der Waals surface area contributed by atoms with E-state index in [-0.39, 0.29) is 11.9 Å². The van der Waals surface area contributed by atoms with Crippen molar-refractivity contribution >= 4 is 21.8 Å². The first kappa shape index (κ1) is 13.3. The Morgan fingerprint density at radius 2 is 2.38 bits per heavy atom. The molecule has 1 aromatic rings. The number of carbonyl (C=O) groups excluding carboxylic acids is 1. The lowest BCUT2D eigenvalue weighted by Crippen LogP contribution is -2.34. The molecule has 0 fully saturated rings. The lowest BCUT2D eigenvalue weighted by atomic mass is 10.2. The Balaban J connectivity index is 2.55. The fourth-order valence-corrected chi connectivity index (χ4v) is 1.94. The topological polar surface area (TPSA) is 43.3 Å². The van der Waals surface area contributed by atoms with Crippen LogP contribution in [0.2, 0.25) is 0 Å². The Labute approximate surface area is 104 Å². The maximum atomic E-state index is 11.9. The van der Waals surface area contributed by atoms with E-state index < -0.39 is 0 Å². The van der Waals surface area contributed by atoms with E-state index in [9.17, 15) is 4.79 Å². The number of hydrogen-bond donors (Lipinski definition) is 1. The second kappa shape index (κ2) is 6.06. The third-order valence-corrected chi connectivity index (χ3v) is 2.77. The number of rotatable bonds is 5. The third kappa shape index (κ3) is 3.64. The fraction of sp³-hybridized carbons (Fsp3) is 0.545. The number of carbonyl (C=O) groups is 1. The highest BCUT2D eigenvalue weighted by Gasteiger charge is 2.13. The summed E-state index contributed by atoms with van der Waals surface area (Å²) < 4.78 is 7.66. The summed E-state index contributed by atoms with van der Waals surface area (Å²) in [5.74, 6) is -0.0585. The number of halogens is 1. The van der Waals surface area contributed by atoms with Gasteiger partial charge in [0, 0.05) is 37.5 Å². The van der Waals surface area contributed by atoms with E-state index in [0.717, 1.165) is 10.9 Å². The van der Waals surface area contributed by atoms with E-state index in [2.05, 4.69) is 21.2 Å². The highest BCUT2D eigenvalue weighted by molar-refractivity contribution is 9.10. The van der Waals surface area contributed by atoms with Crippen LogP contribution in [0.3, 0.4) is 0 Å². The minimum atomic E-state index is -0.0585. The lowest BCUT2D eigenvalue weighted by molar-refractivity contribution is 0.0921. The normalized spacial score (nSPS) is 12.5. The van der Waals surface area contributed by atoms with Crippen molar-refractivity contribution in [2.45, 2.75) is 19.4 Å². The molecule has 0 aliphatic heterocycles. The van der Waals surface area contributed by atoms with Crippen molar-refractivity contribution in [3.05, 3.63) is 22.4 Å². The van der Waals surface area contributed by atoms with Gasteiger partial charge in [-0.1, -0.05) is 0 Å². The molecule has 0 aromatic carbocycles. The van der Waals surface area contributed by atoms with Gasteiger partial charge < -0.3 is 14.6 Å². The van der Waals surface area contributed by atoms with Crippen molar-refractivity contribution in [1.29, 1.82) is 0 Å². The van der Waals surface area contributed by atoms with Gasteiger partial charge in [-0.05, 0) is 35.3 Å². The van der Waals surface area contributed by atoms with Gasteiger partial charge in [-0.25, -0.2) is 0 Å². The summed E-state index contributed by atoms with van der Waals surface area (Å²) in [7, 11) is 3.50. The zero-order chi connectivity index (χ0) is 12.1. The Morgan fingerprint density at radius 3 is 2.88 bits per heavy atom. The first-order valence-corrected chi connectivity index (χ1v) is 5.95. The Hall–Kier alpha value is -0.810. The van der Waals surface area contributed by atoms with Crippen molar-refractivity contribution in [3.8, 4) is 0 Å². The van der Waals surface area contributed by atoms with E-state index in [1.165, 1.54) is 0 Å². The molecule has 1 heterocycles. The molecule has 0 saturated heterocycles. The SMILES string of the molecule is COCCC(C)NC(=O)c1cc(Br)cn1C. The minimum Gasteiger partial charge on any atom is -0.385 e. The zero-order valence-electron chi connectivity index (χ0n) is 9.79. The number of amides is 1. The van der Waals surface area contributed by atoms with Gasteiger partial charge in [-0.2, -0.15) is 0 Å². The first-order valence-electron chi connectivity index (χ1n) is 5.16. The predicted octanol–water partition coefficient (Wildman–Crippen LogP) is 1.94. The van der Waals surface area contributed by atoms with Crippen molar-refractivity contribution < 1.29 is 9.53 Å². The molecule has 90 valence electrons. The van der Waals surface area contributed by atoms with Gasteiger partial charge in [-0.3, -0.25) is 4.79 Å². The van der Waals surface area contributed by atoms with Gasteiger partial charge in [0.25, 0.3) is 5.91 Å². The van der Waals surface area contributed by atoms with Crippen molar-refractivity contribution in [3.63, 3.8) is 0 Å². The standard InChI is InChI=1S/C11H17BrN2O2/c1-8(4-5-16-3)13-11(15)10-6-9(12)7-14(10)2/h6-8H,4-5H2,1-3H3,(H,13,15). The molecule has 1 amide bonds. The maximum Gasteiger partial charge on any atom is 0.268 e. The van der Waals surface area contributed by atoms with E-state index in [0.29, 0.717) is 12.3 Å². The van der Waals surface area contributed by atoms with Crippen molar-refractivity contribution in [2.75, 3.05) is 13.7 Å². The highest BCUT2D eigenvalue weighted by Crippen LogP contribution is 2.13. The second-order valence-corrected chi connectivity index (χ2v) is 4.73. The summed E-state index contributed by atoms with van der Waals surface area (Å²) in [6.07, 6.45) is 2.67. The average molecular weight is 289 g/mol. The first-order chi connectivity index (χ1) is 7.54. The van der Waals surface area contributed by atoms with Crippen LogP contribution in [0.1, 0.15) is 23.8 Å². The van der Waals surface area contributed by atoms with Gasteiger partial charge in [0.1, 0.15) is 5.69 Å². The Kier molecular flexibility index (Phi) is 5.02. The highest BCUT2D eigenvalue weighted by atomic mass is 79.9. The molecular weight excluding hydrogens is 272 g/mol. The second-order valence-electron chi connectivity index (χ2n) is 3.81. The number of nitrogens with one attached hydrogen (secondary N) is 1.